The third-order valence-electron chi connectivity index (χ3n) is 4.48. The first kappa shape index (κ1) is 25.0. The molecule has 0 saturated carbocycles. The lowest BCUT2D eigenvalue weighted by Gasteiger charge is -2.14. The topological polar surface area (TPSA) is 74.2 Å². The predicted molar refractivity (Wildman–Crippen MR) is 121 cm³/mol. The Kier molecular flexibility index (Phi) is 10.4. The molecule has 6 nitrogen and oxygen atoms in total. The highest BCUT2D eigenvalue weighted by atomic mass is 19.1. The molecule has 2 aromatic carbocycles. The number of aliphatic carboxylic acids is 1. The van der Waals surface area contributed by atoms with E-state index < -0.39 is 11.8 Å². The smallest absolute Gasteiger partial charge is 0.371 e. The van der Waals surface area contributed by atoms with Crippen molar-refractivity contribution in [1.29, 1.82) is 0 Å². The van der Waals surface area contributed by atoms with E-state index in [-0.39, 0.29) is 18.1 Å². The summed E-state index contributed by atoms with van der Waals surface area (Å²) in [7, 11) is 0. The van der Waals surface area contributed by atoms with E-state index in [9.17, 15) is 14.3 Å². The van der Waals surface area contributed by atoms with Crippen molar-refractivity contribution < 1.29 is 33.2 Å². The van der Waals surface area contributed by atoms with Crippen molar-refractivity contribution >= 4 is 12.0 Å². The highest BCUT2D eigenvalue weighted by molar-refractivity contribution is 5.90. The molecule has 0 spiro atoms. The molecule has 0 aliphatic heterocycles. The summed E-state index contributed by atoms with van der Waals surface area (Å²) < 4.78 is 36.2. The number of hydrogen-bond acceptors (Lipinski definition) is 5. The van der Waals surface area contributed by atoms with Crippen LogP contribution in [0.5, 0.6) is 17.2 Å². The zero-order valence-electron chi connectivity index (χ0n) is 18.9. The van der Waals surface area contributed by atoms with Crippen molar-refractivity contribution in [2.45, 2.75) is 40.0 Å². The molecule has 0 radical (unpaired) electrons. The van der Waals surface area contributed by atoms with Crippen LogP contribution >= 0.6 is 0 Å². The third-order valence-corrected chi connectivity index (χ3v) is 4.48. The Morgan fingerprint density at radius 3 is 2.34 bits per heavy atom. The average molecular weight is 447 g/mol. The molecule has 0 atom stereocenters. The van der Waals surface area contributed by atoms with Gasteiger partial charge < -0.3 is 24.1 Å². The molecule has 0 aliphatic carbocycles. The van der Waals surface area contributed by atoms with Crippen LogP contribution in [0.25, 0.3) is 6.08 Å². The van der Waals surface area contributed by atoms with Gasteiger partial charge in [-0.1, -0.05) is 25.5 Å². The van der Waals surface area contributed by atoms with E-state index in [1.165, 1.54) is 12.1 Å². The molecule has 0 amide bonds. The van der Waals surface area contributed by atoms with E-state index in [1.807, 2.05) is 13.0 Å². The first-order chi connectivity index (χ1) is 15.5. The molecule has 0 unspecified atom stereocenters. The Labute approximate surface area is 188 Å². The van der Waals surface area contributed by atoms with E-state index in [0.29, 0.717) is 43.3 Å². The summed E-state index contributed by atoms with van der Waals surface area (Å²) in [5, 5.41) is 9.27. The molecule has 0 bridgehead atoms. The fourth-order valence-corrected chi connectivity index (χ4v) is 2.90. The number of carbonyl (C=O) groups is 1. The monoisotopic (exact) mass is 446 g/mol. The molecule has 0 saturated heterocycles. The zero-order chi connectivity index (χ0) is 23.3. The van der Waals surface area contributed by atoms with Crippen molar-refractivity contribution in [3.05, 3.63) is 59.1 Å². The van der Waals surface area contributed by atoms with Gasteiger partial charge in [0.25, 0.3) is 0 Å². The summed E-state index contributed by atoms with van der Waals surface area (Å²) in [6.45, 7) is 7.10. The maximum atomic E-state index is 14.0. The number of rotatable bonds is 14. The number of ether oxygens (including phenoxy) is 4. The van der Waals surface area contributed by atoms with Crippen LogP contribution in [0.15, 0.2) is 42.2 Å². The second kappa shape index (κ2) is 13.2. The van der Waals surface area contributed by atoms with Crippen LogP contribution in [0.3, 0.4) is 0 Å². The Bertz CT molecular complexity index is 909. The number of benzene rings is 2. The van der Waals surface area contributed by atoms with Gasteiger partial charge in [-0.3, -0.25) is 0 Å². The average Bonchev–Trinajstić information content (AvgIpc) is 2.77. The van der Waals surface area contributed by atoms with Gasteiger partial charge >= 0.3 is 5.97 Å². The Morgan fingerprint density at radius 2 is 1.69 bits per heavy atom. The molecule has 0 aliphatic rings. The Morgan fingerprint density at radius 1 is 0.938 bits per heavy atom. The molecule has 174 valence electrons. The van der Waals surface area contributed by atoms with Crippen LogP contribution in [-0.2, 0) is 16.0 Å². The van der Waals surface area contributed by atoms with Gasteiger partial charge in [-0.25, -0.2) is 9.18 Å². The van der Waals surface area contributed by atoms with E-state index in [1.54, 1.807) is 31.2 Å². The van der Waals surface area contributed by atoms with Gasteiger partial charge in [-0.2, -0.15) is 0 Å². The maximum absolute atomic E-state index is 14.0. The van der Waals surface area contributed by atoms with Gasteiger partial charge in [0.2, 0.25) is 5.76 Å². The third kappa shape index (κ3) is 7.80. The fourth-order valence-electron chi connectivity index (χ4n) is 2.90. The highest BCUT2D eigenvalue weighted by Crippen LogP contribution is 2.30. The largest absolute Gasteiger partial charge is 0.491 e. The predicted octanol–water partition coefficient (Wildman–Crippen LogP) is 5.49. The van der Waals surface area contributed by atoms with Crippen molar-refractivity contribution in [1.82, 2.24) is 0 Å². The standard InChI is InChI=1S/C25H31FO6/c1-4-7-13-31-23-16-19(17-24(25(27)28)30-6-3)9-11-22(23)32-14-12-18-8-10-21(29-5-2)20(26)15-18/h8-11,15-17H,4-7,12-14H2,1-3H3,(H,27,28)/b24-17+. The molecule has 7 heteroatoms. The second-order valence-electron chi connectivity index (χ2n) is 6.95. The SMILES string of the molecule is CCCCOc1cc(/C=C(/OCC)C(=O)O)ccc1OCCc1ccc(OCC)c(F)c1. The van der Waals surface area contributed by atoms with Gasteiger partial charge in [0.15, 0.2) is 23.1 Å². The van der Waals surface area contributed by atoms with Gasteiger partial charge in [0.05, 0.1) is 26.4 Å². The summed E-state index contributed by atoms with van der Waals surface area (Å²) in [4.78, 5) is 11.3. The van der Waals surface area contributed by atoms with Crippen molar-refractivity contribution in [2.24, 2.45) is 0 Å². The van der Waals surface area contributed by atoms with Gasteiger partial charge in [0, 0.05) is 6.42 Å². The summed E-state index contributed by atoms with van der Waals surface area (Å²) >= 11 is 0. The van der Waals surface area contributed by atoms with Crippen LogP contribution in [0.4, 0.5) is 4.39 Å². The van der Waals surface area contributed by atoms with Crippen molar-refractivity contribution in [3.63, 3.8) is 0 Å². The lowest BCUT2D eigenvalue weighted by Crippen LogP contribution is -2.06. The minimum Gasteiger partial charge on any atom is -0.491 e. The number of carboxylic acids is 1. The van der Waals surface area contributed by atoms with Crippen LogP contribution in [-0.4, -0.2) is 37.5 Å². The molecule has 1 N–H and O–H groups in total. The van der Waals surface area contributed by atoms with Crippen LogP contribution in [0.1, 0.15) is 44.7 Å². The zero-order valence-corrected chi connectivity index (χ0v) is 18.9. The Balaban J connectivity index is 2.12. The van der Waals surface area contributed by atoms with E-state index in [2.05, 4.69) is 6.92 Å². The van der Waals surface area contributed by atoms with E-state index in [4.69, 9.17) is 18.9 Å². The molecule has 2 aromatic rings. The van der Waals surface area contributed by atoms with Gasteiger partial charge in [-0.15, -0.1) is 0 Å². The van der Waals surface area contributed by atoms with Gasteiger partial charge in [0.1, 0.15) is 0 Å². The summed E-state index contributed by atoms with van der Waals surface area (Å²) in [6, 6.07) is 10.1. The van der Waals surface area contributed by atoms with Crippen LogP contribution in [0, 0.1) is 5.82 Å². The maximum Gasteiger partial charge on any atom is 0.371 e. The van der Waals surface area contributed by atoms with Crippen LogP contribution in [0.2, 0.25) is 0 Å². The molecule has 0 heterocycles. The van der Waals surface area contributed by atoms with Gasteiger partial charge in [-0.05, 0) is 61.7 Å². The molecule has 2 rings (SSSR count). The molecule has 0 aromatic heterocycles. The summed E-state index contributed by atoms with van der Waals surface area (Å²) in [5.41, 5.74) is 1.42. The second-order valence-corrected chi connectivity index (χ2v) is 6.95. The first-order valence-electron chi connectivity index (χ1n) is 10.9. The fraction of sp³-hybridized carbons (Fsp3) is 0.400. The quantitative estimate of drug-likeness (QED) is 0.235. The number of halogens is 1. The highest BCUT2D eigenvalue weighted by Gasteiger charge is 2.12. The van der Waals surface area contributed by atoms with Crippen LogP contribution < -0.4 is 14.2 Å². The first-order valence-corrected chi connectivity index (χ1v) is 10.9. The number of unbranched alkanes of at least 4 members (excludes halogenated alkanes) is 1. The minimum absolute atomic E-state index is 0.141. The number of carboxylic acid groups (broad SMARTS) is 1. The van der Waals surface area contributed by atoms with Crippen molar-refractivity contribution in [2.75, 3.05) is 26.4 Å². The Hall–Kier alpha value is -3.22. The number of hydrogen-bond donors (Lipinski definition) is 1. The van der Waals surface area contributed by atoms with E-state index >= 15 is 0 Å². The summed E-state index contributed by atoms with van der Waals surface area (Å²) in [5.74, 6) is -0.376. The summed E-state index contributed by atoms with van der Waals surface area (Å²) in [6.07, 6.45) is 3.81. The van der Waals surface area contributed by atoms with Crippen molar-refractivity contribution in [3.8, 4) is 17.2 Å². The molecular formula is C25H31FO6. The molecule has 32 heavy (non-hydrogen) atoms. The molecular weight excluding hydrogens is 415 g/mol. The lowest BCUT2D eigenvalue weighted by atomic mass is 10.1. The lowest BCUT2D eigenvalue weighted by molar-refractivity contribution is -0.136. The molecule has 0 fully saturated rings. The normalized spacial score (nSPS) is 11.2. The minimum atomic E-state index is -1.14. The van der Waals surface area contributed by atoms with E-state index in [0.717, 1.165) is 18.4 Å².